The molecular formula is C20H20FNO. The van der Waals surface area contributed by atoms with Crippen molar-refractivity contribution >= 4 is 5.78 Å². The molecule has 1 aliphatic carbocycles. The lowest BCUT2D eigenvalue weighted by molar-refractivity contribution is 0.0936. The summed E-state index contributed by atoms with van der Waals surface area (Å²) < 4.78 is 12.9. The van der Waals surface area contributed by atoms with Gasteiger partial charge in [0, 0.05) is 11.5 Å². The van der Waals surface area contributed by atoms with Gasteiger partial charge in [0.15, 0.2) is 5.78 Å². The van der Waals surface area contributed by atoms with E-state index >= 15 is 0 Å². The highest BCUT2D eigenvalue weighted by molar-refractivity contribution is 6.03. The molecule has 2 aromatic carbocycles. The topological polar surface area (TPSA) is 40.9 Å². The molecule has 3 heteroatoms. The highest BCUT2D eigenvalue weighted by Gasteiger charge is 2.32. The van der Waals surface area contributed by atoms with Gasteiger partial charge >= 0.3 is 0 Å². The molecule has 1 unspecified atom stereocenters. The molecular weight excluding hydrogens is 289 g/mol. The van der Waals surface area contributed by atoms with Gasteiger partial charge in [-0.1, -0.05) is 26.0 Å². The van der Waals surface area contributed by atoms with Crippen LogP contribution in [0.15, 0.2) is 36.4 Å². The van der Waals surface area contributed by atoms with Crippen LogP contribution < -0.4 is 0 Å². The average Bonchev–Trinajstić information content (AvgIpc) is 2.89. The van der Waals surface area contributed by atoms with Gasteiger partial charge in [0.25, 0.3) is 0 Å². The van der Waals surface area contributed by atoms with E-state index in [9.17, 15) is 9.18 Å². The maximum absolute atomic E-state index is 12.9. The predicted octanol–water partition coefficient (Wildman–Crippen LogP) is 4.63. The SMILES string of the molecule is CC.Cc1c(C#N)ccc2c1CC(Cc1ccc(F)cc1)C2=O. The van der Waals surface area contributed by atoms with E-state index in [2.05, 4.69) is 6.07 Å². The predicted molar refractivity (Wildman–Crippen MR) is 88.9 cm³/mol. The number of benzene rings is 2. The third kappa shape index (κ3) is 3.32. The molecule has 0 N–H and O–H groups in total. The number of nitrogens with zero attached hydrogens (tertiary/aromatic N) is 1. The number of hydrogen-bond donors (Lipinski definition) is 0. The van der Waals surface area contributed by atoms with Gasteiger partial charge in [-0.3, -0.25) is 4.79 Å². The minimum absolute atomic E-state index is 0.113. The number of Topliss-reactive ketones (excluding diaryl/α,β-unsaturated/α-hetero) is 1. The van der Waals surface area contributed by atoms with E-state index in [0.717, 1.165) is 22.3 Å². The Bertz CT molecular complexity index is 756. The lowest BCUT2D eigenvalue weighted by atomic mass is 9.95. The van der Waals surface area contributed by atoms with Gasteiger partial charge in [-0.15, -0.1) is 0 Å². The van der Waals surface area contributed by atoms with Crippen LogP contribution in [0.25, 0.3) is 0 Å². The van der Waals surface area contributed by atoms with Crippen molar-refractivity contribution in [3.63, 3.8) is 0 Å². The molecule has 0 fully saturated rings. The number of fused-ring (bicyclic) bond motifs is 1. The van der Waals surface area contributed by atoms with Crippen LogP contribution in [0.4, 0.5) is 4.39 Å². The Balaban J connectivity index is 0.000000924. The van der Waals surface area contributed by atoms with E-state index in [4.69, 9.17) is 5.26 Å². The number of nitriles is 1. The van der Waals surface area contributed by atoms with E-state index in [-0.39, 0.29) is 17.5 Å². The van der Waals surface area contributed by atoms with Gasteiger partial charge in [0.05, 0.1) is 11.6 Å². The molecule has 23 heavy (non-hydrogen) atoms. The Morgan fingerprint density at radius 3 is 2.43 bits per heavy atom. The van der Waals surface area contributed by atoms with E-state index in [1.54, 1.807) is 24.3 Å². The first-order chi connectivity index (χ1) is 11.1. The molecule has 0 spiro atoms. The van der Waals surface area contributed by atoms with Gasteiger partial charge in [0.2, 0.25) is 0 Å². The van der Waals surface area contributed by atoms with Crippen molar-refractivity contribution in [2.45, 2.75) is 33.6 Å². The summed E-state index contributed by atoms with van der Waals surface area (Å²) in [4.78, 5) is 12.5. The summed E-state index contributed by atoms with van der Waals surface area (Å²) in [5.41, 5.74) is 4.22. The van der Waals surface area contributed by atoms with Crippen molar-refractivity contribution in [2.75, 3.05) is 0 Å². The number of hydrogen-bond acceptors (Lipinski definition) is 2. The third-order valence-electron chi connectivity index (χ3n) is 4.20. The summed E-state index contributed by atoms with van der Waals surface area (Å²) in [6.07, 6.45) is 1.27. The summed E-state index contributed by atoms with van der Waals surface area (Å²) in [5.74, 6) is -0.255. The standard InChI is InChI=1S/C18H14FNO.C2H6/c1-11-13(10-20)4-7-16-17(11)9-14(18(16)21)8-12-2-5-15(19)6-3-12;1-2/h2-7,14H,8-9H2,1H3;1-2H3. The van der Waals surface area contributed by atoms with Crippen LogP contribution in [0.2, 0.25) is 0 Å². The van der Waals surface area contributed by atoms with E-state index in [1.807, 2.05) is 20.8 Å². The lowest BCUT2D eigenvalue weighted by Crippen LogP contribution is -2.12. The normalized spacial score (nSPS) is 15.4. The van der Waals surface area contributed by atoms with Gasteiger partial charge in [-0.2, -0.15) is 5.26 Å². The fourth-order valence-electron chi connectivity index (χ4n) is 3.00. The van der Waals surface area contributed by atoms with Crippen LogP contribution in [0.5, 0.6) is 0 Å². The van der Waals surface area contributed by atoms with Crippen LogP contribution in [0.1, 0.15) is 46.5 Å². The number of carbonyl (C=O) groups excluding carboxylic acids is 1. The molecule has 1 aliphatic rings. The molecule has 3 rings (SSSR count). The zero-order valence-electron chi connectivity index (χ0n) is 13.7. The monoisotopic (exact) mass is 309 g/mol. The maximum atomic E-state index is 12.9. The molecule has 0 heterocycles. The molecule has 118 valence electrons. The molecule has 0 saturated carbocycles. The van der Waals surface area contributed by atoms with Crippen molar-refractivity contribution in [3.8, 4) is 6.07 Å². The number of ketones is 1. The first kappa shape index (κ1) is 16.9. The molecule has 0 saturated heterocycles. The first-order valence-corrected chi connectivity index (χ1v) is 7.91. The van der Waals surface area contributed by atoms with Crippen LogP contribution in [-0.2, 0) is 12.8 Å². The van der Waals surface area contributed by atoms with Gasteiger partial charge in [-0.25, -0.2) is 4.39 Å². The smallest absolute Gasteiger partial charge is 0.166 e. The Morgan fingerprint density at radius 1 is 1.17 bits per heavy atom. The zero-order valence-corrected chi connectivity index (χ0v) is 13.7. The van der Waals surface area contributed by atoms with Crippen molar-refractivity contribution < 1.29 is 9.18 Å². The summed E-state index contributed by atoms with van der Waals surface area (Å²) in [6, 6.07) is 11.9. The number of rotatable bonds is 2. The average molecular weight is 309 g/mol. The quantitative estimate of drug-likeness (QED) is 0.811. The first-order valence-electron chi connectivity index (χ1n) is 7.91. The van der Waals surface area contributed by atoms with Crippen molar-refractivity contribution in [3.05, 3.63) is 70.0 Å². The molecule has 0 amide bonds. The molecule has 0 aromatic heterocycles. The summed E-state index contributed by atoms with van der Waals surface area (Å²) in [7, 11) is 0. The zero-order chi connectivity index (χ0) is 17.0. The Kier molecular flexibility index (Phi) is 5.28. The van der Waals surface area contributed by atoms with Crippen molar-refractivity contribution in [1.82, 2.24) is 0 Å². The highest BCUT2D eigenvalue weighted by Crippen LogP contribution is 2.32. The van der Waals surface area contributed by atoms with E-state index in [0.29, 0.717) is 18.4 Å². The molecule has 2 aromatic rings. The molecule has 0 bridgehead atoms. The number of halogens is 1. The second kappa shape index (κ2) is 7.19. The second-order valence-electron chi connectivity index (χ2n) is 5.47. The fraction of sp³-hybridized carbons (Fsp3) is 0.300. The van der Waals surface area contributed by atoms with Crippen molar-refractivity contribution in [1.29, 1.82) is 5.26 Å². The lowest BCUT2D eigenvalue weighted by Gasteiger charge is -2.08. The second-order valence-corrected chi connectivity index (χ2v) is 5.47. The molecule has 2 nitrogen and oxygen atoms in total. The molecule has 0 radical (unpaired) electrons. The minimum atomic E-state index is -0.269. The van der Waals surface area contributed by atoms with Crippen LogP contribution in [-0.4, -0.2) is 5.78 Å². The summed E-state index contributed by atoms with van der Waals surface area (Å²) in [5, 5.41) is 9.07. The van der Waals surface area contributed by atoms with Crippen LogP contribution >= 0.6 is 0 Å². The molecule has 1 atom stereocenters. The maximum Gasteiger partial charge on any atom is 0.166 e. The summed E-state index contributed by atoms with van der Waals surface area (Å²) >= 11 is 0. The highest BCUT2D eigenvalue weighted by atomic mass is 19.1. The van der Waals surface area contributed by atoms with E-state index in [1.165, 1.54) is 12.1 Å². The largest absolute Gasteiger partial charge is 0.294 e. The Labute approximate surface area is 136 Å². The van der Waals surface area contributed by atoms with Crippen molar-refractivity contribution in [2.24, 2.45) is 5.92 Å². The minimum Gasteiger partial charge on any atom is -0.294 e. The van der Waals surface area contributed by atoms with Crippen LogP contribution in [0.3, 0.4) is 0 Å². The summed E-state index contributed by atoms with van der Waals surface area (Å²) in [6.45, 7) is 5.89. The van der Waals surface area contributed by atoms with E-state index < -0.39 is 0 Å². The Hall–Kier alpha value is -2.47. The van der Waals surface area contributed by atoms with Gasteiger partial charge < -0.3 is 0 Å². The van der Waals surface area contributed by atoms with Gasteiger partial charge in [0.1, 0.15) is 5.82 Å². The van der Waals surface area contributed by atoms with Crippen LogP contribution in [0, 0.1) is 30.0 Å². The number of carbonyl (C=O) groups is 1. The van der Waals surface area contributed by atoms with Gasteiger partial charge in [-0.05, 0) is 60.7 Å². The third-order valence-corrected chi connectivity index (χ3v) is 4.20. The fourth-order valence-corrected chi connectivity index (χ4v) is 3.00. The Morgan fingerprint density at radius 2 is 1.83 bits per heavy atom. The molecule has 0 aliphatic heterocycles.